The molecule has 0 atom stereocenters. The Kier molecular flexibility index (Phi) is 6.53. The number of benzene rings is 2. The topological polar surface area (TPSA) is 57.3 Å². The first-order valence-corrected chi connectivity index (χ1v) is 10.0. The van der Waals surface area contributed by atoms with E-state index in [1.54, 1.807) is 34.6 Å². The maximum atomic E-state index is 5.53. The van der Waals surface area contributed by atoms with Gasteiger partial charge in [-0.2, -0.15) is 5.10 Å². The molecule has 146 valence electrons. The maximum Gasteiger partial charge on any atom is 0.205 e. The summed E-state index contributed by atoms with van der Waals surface area (Å²) < 4.78 is 19.1. The molecule has 0 saturated heterocycles. The second kappa shape index (κ2) is 9.07. The fourth-order valence-corrected chi connectivity index (χ4v) is 3.80. The van der Waals surface area contributed by atoms with Crippen molar-refractivity contribution in [3.63, 3.8) is 0 Å². The molecule has 1 aromatic heterocycles. The van der Waals surface area contributed by atoms with Crippen LogP contribution < -0.4 is 19.0 Å². The zero-order valence-corrected chi connectivity index (χ0v) is 18.4. The van der Waals surface area contributed by atoms with E-state index in [9.17, 15) is 0 Å². The van der Waals surface area contributed by atoms with Crippen molar-refractivity contribution < 1.29 is 14.2 Å². The van der Waals surface area contributed by atoms with Crippen LogP contribution in [-0.4, -0.2) is 39.3 Å². The van der Waals surface area contributed by atoms with E-state index < -0.39 is 0 Å². The molecule has 0 spiro atoms. The van der Waals surface area contributed by atoms with Crippen molar-refractivity contribution in [3.05, 3.63) is 56.6 Å². The molecule has 3 rings (SSSR count). The lowest BCUT2D eigenvalue weighted by Gasteiger charge is -2.13. The Morgan fingerprint density at radius 1 is 0.964 bits per heavy atom. The number of thiazole rings is 1. The second-order valence-electron chi connectivity index (χ2n) is 5.61. The van der Waals surface area contributed by atoms with Crippen LogP contribution in [0.2, 0.25) is 0 Å². The minimum Gasteiger partial charge on any atom is -0.493 e. The van der Waals surface area contributed by atoms with Crippen molar-refractivity contribution in [3.8, 4) is 28.5 Å². The van der Waals surface area contributed by atoms with Crippen LogP contribution in [0.1, 0.15) is 5.56 Å². The highest BCUT2D eigenvalue weighted by Crippen LogP contribution is 2.39. The summed E-state index contributed by atoms with van der Waals surface area (Å²) in [5.74, 6) is 1.68. The molecule has 0 aliphatic heterocycles. The molecule has 6 nitrogen and oxygen atoms in total. The Morgan fingerprint density at radius 3 is 2.29 bits per heavy atom. The minimum atomic E-state index is 0.526. The van der Waals surface area contributed by atoms with E-state index in [2.05, 4.69) is 26.0 Å². The smallest absolute Gasteiger partial charge is 0.205 e. The predicted octanol–water partition coefficient (Wildman–Crippen LogP) is 4.42. The van der Waals surface area contributed by atoms with E-state index in [1.807, 2.05) is 46.5 Å². The van der Waals surface area contributed by atoms with Gasteiger partial charge in [-0.05, 0) is 24.3 Å². The van der Waals surface area contributed by atoms with Gasteiger partial charge in [-0.1, -0.05) is 28.1 Å². The van der Waals surface area contributed by atoms with E-state index in [1.165, 1.54) is 11.3 Å². The average Bonchev–Trinajstić information content (AvgIpc) is 3.14. The Labute approximate surface area is 175 Å². The molecule has 0 aliphatic carbocycles. The lowest BCUT2D eigenvalue weighted by atomic mass is 10.2. The lowest BCUT2D eigenvalue weighted by molar-refractivity contribution is 0.324. The summed E-state index contributed by atoms with van der Waals surface area (Å²) >= 11 is 5.00. The van der Waals surface area contributed by atoms with Gasteiger partial charge in [-0.15, -0.1) is 11.3 Å². The van der Waals surface area contributed by atoms with E-state index in [0.717, 1.165) is 26.1 Å². The van der Waals surface area contributed by atoms with Gasteiger partial charge in [-0.3, -0.25) is 4.99 Å². The van der Waals surface area contributed by atoms with Crippen molar-refractivity contribution in [1.82, 2.24) is 4.68 Å². The highest BCUT2D eigenvalue weighted by Gasteiger charge is 2.15. The van der Waals surface area contributed by atoms with Crippen molar-refractivity contribution in [2.75, 3.05) is 28.4 Å². The average molecular weight is 462 g/mol. The summed E-state index contributed by atoms with van der Waals surface area (Å²) in [6, 6.07) is 11.8. The van der Waals surface area contributed by atoms with E-state index >= 15 is 0 Å². The van der Waals surface area contributed by atoms with Crippen LogP contribution in [0.4, 0.5) is 0 Å². The van der Waals surface area contributed by atoms with Gasteiger partial charge in [0.2, 0.25) is 10.6 Å². The zero-order chi connectivity index (χ0) is 20.1. The quantitative estimate of drug-likeness (QED) is 0.510. The summed E-state index contributed by atoms with van der Waals surface area (Å²) in [5.41, 5.74) is 2.77. The zero-order valence-electron chi connectivity index (χ0n) is 16.0. The molecule has 0 unspecified atom stereocenters. The molecule has 0 bridgehead atoms. The van der Waals surface area contributed by atoms with Gasteiger partial charge >= 0.3 is 0 Å². The van der Waals surface area contributed by atoms with Crippen molar-refractivity contribution in [2.24, 2.45) is 10.1 Å². The van der Waals surface area contributed by atoms with Crippen LogP contribution in [0.3, 0.4) is 0 Å². The van der Waals surface area contributed by atoms with Gasteiger partial charge in [0, 0.05) is 28.0 Å². The largest absolute Gasteiger partial charge is 0.493 e. The fourth-order valence-electron chi connectivity index (χ4n) is 2.73. The van der Waals surface area contributed by atoms with Gasteiger partial charge in [0.05, 0.1) is 33.2 Å². The molecule has 0 radical (unpaired) electrons. The number of ether oxygens (including phenoxy) is 3. The third kappa shape index (κ3) is 3.98. The van der Waals surface area contributed by atoms with Gasteiger partial charge in [-0.25, -0.2) is 4.68 Å². The van der Waals surface area contributed by atoms with Crippen LogP contribution in [0.25, 0.3) is 11.3 Å². The third-order valence-corrected chi connectivity index (χ3v) is 5.50. The molecule has 1 heterocycles. The highest BCUT2D eigenvalue weighted by molar-refractivity contribution is 9.10. The van der Waals surface area contributed by atoms with E-state index in [-0.39, 0.29) is 0 Å². The van der Waals surface area contributed by atoms with E-state index in [0.29, 0.717) is 17.2 Å². The molecule has 2 aromatic carbocycles. The number of hydrogen-bond acceptors (Lipinski definition) is 6. The van der Waals surface area contributed by atoms with Crippen molar-refractivity contribution in [2.45, 2.75) is 0 Å². The third-order valence-electron chi connectivity index (χ3n) is 4.06. The summed E-state index contributed by atoms with van der Waals surface area (Å²) in [6.07, 6.45) is 1.73. The normalized spacial score (nSPS) is 11.8. The van der Waals surface area contributed by atoms with Gasteiger partial charge in [0.25, 0.3) is 0 Å². The molecular weight excluding hydrogens is 442 g/mol. The van der Waals surface area contributed by atoms with Gasteiger partial charge in [0.15, 0.2) is 11.5 Å². The van der Waals surface area contributed by atoms with Crippen LogP contribution in [0.5, 0.6) is 17.2 Å². The molecule has 8 heteroatoms. The molecule has 0 saturated carbocycles. The van der Waals surface area contributed by atoms with Crippen LogP contribution in [-0.2, 0) is 0 Å². The first-order valence-electron chi connectivity index (χ1n) is 8.35. The molecule has 3 aromatic rings. The van der Waals surface area contributed by atoms with Crippen LogP contribution >= 0.6 is 27.3 Å². The number of halogens is 1. The molecule has 28 heavy (non-hydrogen) atoms. The Bertz CT molecular complexity index is 1060. The molecular formula is C20H20BrN3O3S. The molecule has 0 N–H and O–H groups in total. The fraction of sp³-hybridized carbons (Fsp3) is 0.200. The summed E-state index contributed by atoms with van der Waals surface area (Å²) in [5, 5.41) is 6.70. The lowest BCUT2D eigenvalue weighted by Crippen LogP contribution is -2.11. The number of hydrogen-bond donors (Lipinski definition) is 0. The monoisotopic (exact) mass is 461 g/mol. The number of aromatic nitrogens is 1. The van der Waals surface area contributed by atoms with Crippen LogP contribution in [0.15, 0.2) is 56.3 Å². The predicted molar refractivity (Wildman–Crippen MR) is 116 cm³/mol. The maximum absolute atomic E-state index is 5.53. The first-order chi connectivity index (χ1) is 13.6. The number of nitrogens with zero attached hydrogens (tertiary/aromatic N) is 3. The number of methoxy groups -OCH3 is 3. The Balaban J connectivity index is 2.08. The molecule has 0 aliphatic rings. The molecule has 0 fully saturated rings. The summed E-state index contributed by atoms with van der Waals surface area (Å²) in [6.45, 7) is 0. The minimum absolute atomic E-state index is 0.526. The second-order valence-corrected chi connectivity index (χ2v) is 7.37. The van der Waals surface area contributed by atoms with Gasteiger partial charge < -0.3 is 14.2 Å². The SMILES string of the molecule is CN=c1scc(-c2ccc(Br)cc2)n1N=Cc1ccc(OC)c(OC)c1OC. The summed E-state index contributed by atoms with van der Waals surface area (Å²) in [4.78, 5) is 5.12. The van der Waals surface area contributed by atoms with E-state index in [4.69, 9.17) is 14.2 Å². The van der Waals surface area contributed by atoms with Gasteiger partial charge in [0.1, 0.15) is 0 Å². The summed E-state index contributed by atoms with van der Waals surface area (Å²) in [7, 11) is 6.51. The van der Waals surface area contributed by atoms with Crippen LogP contribution in [0, 0.1) is 0 Å². The standard InChI is InChI=1S/C20H20BrN3O3S/c1-22-20-24(16(12-28-20)13-5-8-15(21)9-6-13)23-11-14-7-10-17(25-2)19(27-4)18(14)26-3/h5-12H,1-4H3. The Morgan fingerprint density at radius 2 is 1.68 bits per heavy atom. The van der Waals surface area contributed by atoms with Crippen molar-refractivity contribution in [1.29, 1.82) is 0 Å². The van der Waals surface area contributed by atoms with Crippen molar-refractivity contribution >= 4 is 33.5 Å². The highest BCUT2D eigenvalue weighted by atomic mass is 79.9. The number of rotatable bonds is 6. The first kappa shape index (κ1) is 20.2. The Hall–Kier alpha value is -2.58. The molecule has 0 amide bonds.